The van der Waals surface area contributed by atoms with Crippen molar-refractivity contribution in [2.45, 2.75) is 32.6 Å². The maximum Gasteiger partial charge on any atom is 0.255 e. The molecule has 3 heterocycles. The van der Waals surface area contributed by atoms with Crippen LogP contribution in [-0.4, -0.2) is 65.9 Å². The van der Waals surface area contributed by atoms with E-state index in [0.717, 1.165) is 64.2 Å². The number of piperazine rings is 1. The smallest absolute Gasteiger partial charge is 0.255 e. The van der Waals surface area contributed by atoms with Gasteiger partial charge in [-0.25, -0.2) is 0 Å². The second-order valence-electron chi connectivity index (χ2n) is 8.67. The van der Waals surface area contributed by atoms with Crippen molar-refractivity contribution in [2.24, 2.45) is 5.92 Å². The van der Waals surface area contributed by atoms with E-state index >= 15 is 0 Å². The molecule has 1 aromatic heterocycles. The first-order valence-electron chi connectivity index (χ1n) is 11.4. The monoisotopic (exact) mass is 420 g/mol. The van der Waals surface area contributed by atoms with Gasteiger partial charge in [0.2, 0.25) is 5.91 Å². The summed E-state index contributed by atoms with van der Waals surface area (Å²) in [4.78, 5) is 35.9. The van der Waals surface area contributed by atoms with Crippen LogP contribution >= 0.6 is 0 Å². The first-order valence-corrected chi connectivity index (χ1v) is 11.4. The molecule has 4 rings (SSSR count). The Hall–Kier alpha value is -2.89. The van der Waals surface area contributed by atoms with E-state index in [9.17, 15) is 9.59 Å². The van der Waals surface area contributed by atoms with Gasteiger partial charge >= 0.3 is 0 Å². The summed E-state index contributed by atoms with van der Waals surface area (Å²) < 4.78 is 0. The molecule has 2 amide bonds. The van der Waals surface area contributed by atoms with Gasteiger partial charge in [-0.1, -0.05) is 18.2 Å². The van der Waals surface area contributed by atoms with Crippen molar-refractivity contribution < 1.29 is 9.59 Å². The molecule has 0 radical (unpaired) electrons. The van der Waals surface area contributed by atoms with E-state index in [0.29, 0.717) is 17.9 Å². The number of likely N-dealkylation sites (tertiary alicyclic amines) is 1. The molecule has 0 saturated carbocycles. The number of amides is 2. The fourth-order valence-electron chi connectivity index (χ4n) is 4.54. The van der Waals surface area contributed by atoms with Crippen molar-refractivity contribution in [3.8, 4) is 0 Å². The molecule has 0 unspecified atom stereocenters. The molecule has 2 aliphatic heterocycles. The van der Waals surface area contributed by atoms with E-state index in [1.54, 1.807) is 6.20 Å². The standard InChI is InChI=1S/C25H32N4O2/c1-20-7-9-22(19-26-20)25(31)29-13-11-21(12-14-29)8-10-24(30)28-17-15-27(16-18-28)23-5-3-2-4-6-23/h2-7,9,19,21H,8,10-18H2,1H3. The number of hydrogen-bond acceptors (Lipinski definition) is 4. The number of nitrogens with zero attached hydrogens (tertiary/aromatic N) is 4. The summed E-state index contributed by atoms with van der Waals surface area (Å²) in [6.07, 6.45) is 5.15. The maximum atomic E-state index is 12.7. The third-order valence-corrected chi connectivity index (χ3v) is 6.58. The van der Waals surface area contributed by atoms with Gasteiger partial charge in [-0.3, -0.25) is 14.6 Å². The number of hydrogen-bond donors (Lipinski definition) is 0. The number of benzene rings is 1. The molecule has 31 heavy (non-hydrogen) atoms. The highest BCUT2D eigenvalue weighted by Gasteiger charge is 2.26. The third-order valence-electron chi connectivity index (χ3n) is 6.58. The lowest BCUT2D eigenvalue weighted by Crippen LogP contribution is -2.48. The molecule has 0 N–H and O–H groups in total. The van der Waals surface area contributed by atoms with E-state index in [2.05, 4.69) is 34.1 Å². The van der Waals surface area contributed by atoms with Crippen molar-refractivity contribution in [1.29, 1.82) is 0 Å². The summed E-state index contributed by atoms with van der Waals surface area (Å²) >= 11 is 0. The van der Waals surface area contributed by atoms with Crippen LogP contribution in [0.15, 0.2) is 48.7 Å². The molecule has 0 spiro atoms. The van der Waals surface area contributed by atoms with Crippen LogP contribution in [0.25, 0.3) is 0 Å². The maximum absolute atomic E-state index is 12.7. The lowest BCUT2D eigenvalue weighted by Gasteiger charge is -2.36. The summed E-state index contributed by atoms with van der Waals surface area (Å²) in [6, 6.07) is 14.1. The predicted molar refractivity (Wildman–Crippen MR) is 122 cm³/mol. The van der Waals surface area contributed by atoms with Crippen LogP contribution < -0.4 is 4.90 Å². The Balaban J connectivity index is 1.17. The minimum Gasteiger partial charge on any atom is -0.368 e. The van der Waals surface area contributed by atoms with Crippen LogP contribution in [0.5, 0.6) is 0 Å². The van der Waals surface area contributed by atoms with Gasteiger partial charge in [0.1, 0.15) is 0 Å². The number of piperidine rings is 1. The van der Waals surface area contributed by atoms with E-state index in [1.807, 2.05) is 34.9 Å². The highest BCUT2D eigenvalue weighted by Crippen LogP contribution is 2.24. The first kappa shape index (κ1) is 21.3. The van der Waals surface area contributed by atoms with Gasteiger partial charge in [-0.15, -0.1) is 0 Å². The van der Waals surface area contributed by atoms with Crippen molar-refractivity contribution in [3.63, 3.8) is 0 Å². The van der Waals surface area contributed by atoms with Gasteiger partial charge in [0.05, 0.1) is 5.56 Å². The van der Waals surface area contributed by atoms with Crippen molar-refractivity contribution in [3.05, 3.63) is 59.9 Å². The molecule has 0 aliphatic carbocycles. The van der Waals surface area contributed by atoms with Gasteiger partial charge in [-0.05, 0) is 56.4 Å². The molecular weight excluding hydrogens is 388 g/mol. The number of aromatic nitrogens is 1. The largest absolute Gasteiger partial charge is 0.368 e. The molecule has 2 fully saturated rings. The Morgan fingerprint density at radius 3 is 2.26 bits per heavy atom. The Kier molecular flexibility index (Phi) is 6.85. The second kappa shape index (κ2) is 9.94. The molecular formula is C25H32N4O2. The Morgan fingerprint density at radius 2 is 1.61 bits per heavy atom. The number of anilines is 1. The zero-order valence-corrected chi connectivity index (χ0v) is 18.4. The molecule has 164 valence electrons. The van der Waals surface area contributed by atoms with E-state index in [4.69, 9.17) is 0 Å². The summed E-state index contributed by atoms with van der Waals surface area (Å²) in [5, 5.41) is 0. The quantitative estimate of drug-likeness (QED) is 0.744. The summed E-state index contributed by atoms with van der Waals surface area (Å²) in [7, 11) is 0. The van der Waals surface area contributed by atoms with E-state index in [-0.39, 0.29) is 11.8 Å². The summed E-state index contributed by atoms with van der Waals surface area (Å²) in [6.45, 7) is 6.83. The molecule has 2 saturated heterocycles. The fraction of sp³-hybridized carbons (Fsp3) is 0.480. The van der Waals surface area contributed by atoms with Gasteiger partial charge in [-0.2, -0.15) is 0 Å². The van der Waals surface area contributed by atoms with Crippen LogP contribution in [0, 0.1) is 12.8 Å². The van der Waals surface area contributed by atoms with Gasteiger partial charge < -0.3 is 14.7 Å². The number of rotatable bonds is 5. The summed E-state index contributed by atoms with van der Waals surface area (Å²) in [5.74, 6) is 0.866. The summed E-state index contributed by atoms with van der Waals surface area (Å²) in [5.41, 5.74) is 2.81. The predicted octanol–water partition coefficient (Wildman–Crippen LogP) is 3.37. The minimum atomic E-state index is 0.0679. The molecule has 0 bridgehead atoms. The fourth-order valence-corrected chi connectivity index (χ4v) is 4.54. The lowest BCUT2D eigenvalue weighted by atomic mass is 9.91. The zero-order valence-electron chi connectivity index (χ0n) is 18.4. The first-order chi connectivity index (χ1) is 15.1. The second-order valence-corrected chi connectivity index (χ2v) is 8.67. The Bertz CT molecular complexity index is 868. The van der Waals surface area contributed by atoms with Crippen LogP contribution in [0.2, 0.25) is 0 Å². The van der Waals surface area contributed by atoms with Crippen LogP contribution in [0.3, 0.4) is 0 Å². The normalized spacial score (nSPS) is 17.6. The number of para-hydroxylation sites is 1. The molecule has 0 atom stereocenters. The number of pyridine rings is 1. The number of aryl methyl sites for hydroxylation is 1. The SMILES string of the molecule is Cc1ccc(C(=O)N2CCC(CCC(=O)N3CCN(c4ccccc4)CC3)CC2)cn1. The minimum absolute atomic E-state index is 0.0679. The average Bonchev–Trinajstić information content (AvgIpc) is 2.83. The van der Waals surface area contributed by atoms with E-state index in [1.165, 1.54) is 5.69 Å². The van der Waals surface area contributed by atoms with Crippen molar-refractivity contribution in [1.82, 2.24) is 14.8 Å². The topological polar surface area (TPSA) is 56.8 Å². The van der Waals surface area contributed by atoms with Gasteiger partial charge in [0.15, 0.2) is 0 Å². The molecule has 6 heteroatoms. The Morgan fingerprint density at radius 1 is 0.903 bits per heavy atom. The van der Waals surface area contributed by atoms with Crippen LogP contribution in [-0.2, 0) is 4.79 Å². The van der Waals surface area contributed by atoms with Crippen LogP contribution in [0.4, 0.5) is 5.69 Å². The van der Waals surface area contributed by atoms with Crippen molar-refractivity contribution in [2.75, 3.05) is 44.2 Å². The van der Waals surface area contributed by atoms with Gasteiger partial charge in [0, 0.05) is 63.3 Å². The van der Waals surface area contributed by atoms with E-state index < -0.39 is 0 Å². The molecule has 1 aromatic carbocycles. The number of carbonyl (C=O) groups is 2. The Labute approximate surface area is 184 Å². The third kappa shape index (κ3) is 5.43. The highest BCUT2D eigenvalue weighted by molar-refractivity contribution is 5.94. The van der Waals surface area contributed by atoms with Gasteiger partial charge in [0.25, 0.3) is 5.91 Å². The molecule has 6 nitrogen and oxygen atoms in total. The molecule has 2 aromatic rings. The average molecular weight is 421 g/mol. The lowest BCUT2D eigenvalue weighted by molar-refractivity contribution is -0.131. The van der Waals surface area contributed by atoms with Crippen molar-refractivity contribution >= 4 is 17.5 Å². The highest BCUT2D eigenvalue weighted by atomic mass is 16.2. The zero-order chi connectivity index (χ0) is 21.6. The number of carbonyl (C=O) groups excluding carboxylic acids is 2. The molecule has 2 aliphatic rings. The van der Waals surface area contributed by atoms with Crippen LogP contribution in [0.1, 0.15) is 41.7 Å².